The largest absolute Gasteiger partial charge is 0.397 e. The highest BCUT2D eigenvalue weighted by molar-refractivity contribution is 6.31. The molecule has 1 saturated heterocycles. The Balaban J connectivity index is 1.95. The maximum Gasteiger partial charge on any atom is 0.143 e. The molecule has 0 spiro atoms. The van der Waals surface area contributed by atoms with Gasteiger partial charge in [0, 0.05) is 45.3 Å². The van der Waals surface area contributed by atoms with Crippen LogP contribution in [0.3, 0.4) is 0 Å². The van der Waals surface area contributed by atoms with Crippen LogP contribution in [0.1, 0.15) is 0 Å². The lowest BCUT2D eigenvalue weighted by atomic mass is 10.2. The minimum Gasteiger partial charge on any atom is -0.397 e. The Morgan fingerprint density at radius 2 is 1.90 bits per heavy atom. The molecule has 112 valence electrons. The average molecular weight is 301 g/mol. The van der Waals surface area contributed by atoms with Gasteiger partial charge in [-0.25, -0.2) is 4.39 Å². The van der Waals surface area contributed by atoms with E-state index in [1.165, 1.54) is 6.07 Å². The molecule has 1 fully saturated rings. The molecular formula is C14H22ClFN4. The second-order valence-electron chi connectivity index (χ2n) is 5.46. The third-order valence-corrected chi connectivity index (χ3v) is 3.94. The van der Waals surface area contributed by atoms with Crippen LogP contribution in [0.25, 0.3) is 0 Å². The van der Waals surface area contributed by atoms with Crippen LogP contribution in [0.15, 0.2) is 12.1 Å². The Kier molecular flexibility index (Phi) is 5.07. The van der Waals surface area contributed by atoms with Crippen LogP contribution in [0.2, 0.25) is 5.02 Å². The fourth-order valence-corrected chi connectivity index (χ4v) is 2.54. The molecule has 0 bridgehead atoms. The van der Waals surface area contributed by atoms with Gasteiger partial charge in [0.2, 0.25) is 0 Å². The first-order valence-corrected chi connectivity index (χ1v) is 7.21. The zero-order valence-corrected chi connectivity index (χ0v) is 12.8. The van der Waals surface area contributed by atoms with Crippen molar-refractivity contribution in [3.05, 3.63) is 23.0 Å². The van der Waals surface area contributed by atoms with E-state index < -0.39 is 5.82 Å². The molecule has 1 aliphatic heterocycles. The number of rotatable bonds is 4. The highest BCUT2D eigenvalue weighted by Crippen LogP contribution is 2.30. The third kappa shape index (κ3) is 3.75. The van der Waals surface area contributed by atoms with Crippen molar-refractivity contribution in [3.8, 4) is 0 Å². The van der Waals surface area contributed by atoms with Gasteiger partial charge in [-0.05, 0) is 20.2 Å². The van der Waals surface area contributed by atoms with Crippen LogP contribution < -0.4 is 10.6 Å². The molecule has 4 nitrogen and oxygen atoms in total. The Bertz CT molecular complexity index is 459. The van der Waals surface area contributed by atoms with Crippen LogP contribution in [0, 0.1) is 5.82 Å². The number of nitrogens with zero attached hydrogens (tertiary/aromatic N) is 3. The maximum absolute atomic E-state index is 13.3. The van der Waals surface area contributed by atoms with E-state index in [2.05, 4.69) is 28.8 Å². The molecule has 0 aromatic heterocycles. The molecule has 1 aromatic carbocycles. The van der Waals surface area contributed by atoms with E-state index in [4.69, 9.17) is 17.3 Å². The SMILES string of the molecule is CN(C)CCN1CCN(c2cc(Cl)c(F)cc2N)CC1. The molecule has 0 radical (unpaired) electrons. The molecular weight excluding hydrogens is 279 g/mol. The number of hydrogen-bond acceptors (Lipinski definition) is 4. The summed E-state index contributed by atoms with van der Waals surface area (Å²) in [6.07, 6.45) is 0. The van der Waals surface area contributed by atoms with Crippen molar-refractivity contribution < 1.29 is 4.39 Å². The molecule has 0 aliphatic carbocycles. The predicted octanol–water partition coefficient (Wildman–Crippen LogP) is 1.74. The second-order valence-corrected chi connectivity index (χ2v) is 5.86. The van der Waals surface area contributed by atoms with Crippen molar-refractivity contribution in [2.45, 2.75) is 0 Å². The van der Waals surface area contributed by atoms with Gasteiger partial charge in [-0.2, -0.15) is 0 Å². The number of hydrogen-bond donors (Lipinski definition) is 1. The van der Waals surface area contributed by atoms with Crippen molar-refractivity contribution in [2.75, 3.05) is 64.0 Å². The zero-order chi connectivity index (χ0) is 14.7. The predicted molar refractivity (Wildman–Crippen MR) is 83.0 cm³/mol. The molecule has 20 heavy (non-hydrogen) atoms. The number of piperazine rings is 1. The summed E-state index contributed by atoms with van der Waals surface area (Å²) in [6, 6.07) is 2.93. The first-order valence-electron chi connectivity index (χ1n) is 6.84. The number of nitrogen functional groups attached to an aromatic ring is 1. The molecule has 0 saturated carbocycles. The third-order valence-electron chi connectivity index (χ3n) is 3.65. The van der Waals surface area contributed by atoms with Crippen molar-refractivity contribution in [2.24, 2.45) is 0 Å². The number of benzene rings is 1. The van der Waals surface area contributed by atoms with Gasteiger partial charge < -0.3 is 15.5 Å². The summed E-state index contributed by atoms with van der Waals surface area (Å²) < 4.78 is 13.3. The quantitative estimate of drug-likeness (QED) is 0.859. The molecule has 0 amide bonds. The van der Waals surface area contributed by atoms with Crippen LogP contribution >= 0.6 is 11.6 Å². The zero-order valence-electron chi connectivity index (χ0n) is 12.1. The van der Waals surface area contributed by atoms with Gasteiger partial charge in [-0.1, -0.05) is 11.6 Å². The summed E-state index contributed by atoms with van der Waals surface area (Å²) in [4.78, 5) is 6.79. The number of halogens is 2. The molecule has 0 unspecified atom stereocenters. The van der Waals surface area contributed by atoms with E-state index in [1.807, 2.05) is 0 Å². The minimum absolute atomic E-state index is 0.129. The number of likely N-dealkylation sites (N-methyl/N-ethyl adjacent to an activating group) is 1. The summed E-state index contributed by atoms with van der Waals surface area (Å²) in [6.45, 7) is 5.88. The smallest absolute Gasteiger partial charge is 0.143 e. The Morgan fingerprint density at radius 3 is 2.50 bits per heavy atom. The summed E-state index contributed by atoms with van der Waals surface area (Å²) in [5, 5.41) is 0.129. The van der Waals surface area contributed by atoms with Gasteiger partial charge in [0.05, 0.1) is 16.4 Å². The molecule has 2 rings (SSSR count). The van der Waals surface area contributed by atoms with E-state index in [0.717, 1.165) is 45.0 Å². The maximum atomic E-state index is 13.3. The van der Waals surface area contributed by atoms with Gasteiger partial charge in [0.25, 0.3) is 0 Å². The topological polar surface area (TPSA) is 35.7 Å². The fourth-order valence-electron chi connectivity index (χ4n) is 2.38. The lowest BCUT2D eigenvalue weighted by Gasteiger charge is -2.37. The minimum atomic E-state index is -0.461. The van der Waals surface area contributed by atoms with Crippen LogP contribution in [0.4, 0.5) is 15.8 Å². The van der Waals surface area contributed by atoms with E-state index in [-0.39, 0.29) is 5.02 Å². The highest BCUT2D eigenvalue weighted by atomic mass is 35.5. The van der Waals surface area contributed by atoms with E-state index in [1.54, 1.807) is 6.07 Å². The average Bonchev–Trinajstić information content (AvgIpc) is 2.41. The van der Waals surface area contributed by atoms with Crippen molar-refractivity contribution in [1.82, 2.24) is 9.80 Å². The lowest BCUT2D eigenvalue weighted by molar-refractivity contribution is 0.229. The van der Waals surface area contributed by atoms with Gasteiger partial charge in [-0.15, -0.1) is 0 Å². The lowest BCUT2D eigenvalue weighted by Crippen LogP contribution is -2.48. The number of nitrogens with two attached hydrogens (primary N) is 1. The monoisotopic (exact) mass is 300 g/mol. The van der Waals surface area contributed by atoms with E-state index >= 15 is 0 Å². The van der Waals surface area contributed by atoms with Crippen LogP contribution in [0.5, 0.6) is 0 Å². The van der Waals surface area contributed by atoms with Gasteiger partial charge in [-0.3, -0.25) is 4.90 Å². The van der Waals surface area contributed by atoms with E-state index in [9.17, 15) is 4.39 Å². The van der Waals surface area contributed by atoms with Crippen LogP contribution in [-0.4, -0.2) is 63.2 Å². The van der Waals surface area contributed by atoms with Gasteiger partial charge in [0.15, 0.2) is 0 Å². The fraction of sp³-hybridized carbons (Fsp3) is 0.571. The van der Waals surface area contributed by atoms with E-state index in [0.29, 0.717) is 5.69 Å². The first kappa shape index (κ1) is 15.4. The van der Waals surface area contributed by atoms with Gasteiger partial charge in [0.1, 0.15) is 5.82 Å². The molecule has 2 N–H and O–H groups in total. The summed E-state index contributed by atoms with van der Waals surface area (Å²) in [5.41, 5.74) is 7.18. The van der Waals surface area contributed by atoms with Crippen molar-refractivity contribution >= 4 is 23.0 Å². The Morgan fingerprint density at radius 1 is 1.25 bits per heavy atom. The van der Waals surface area contributed by atoms with Crippen molar-refractivity contribution in [3.63, 3.8) is 0 Å². The Labute approximate surface area is 124 Å². The first-order chi connectivity index (χ1) is 9.47. The number of anilines is 2. The summed E-state index contributed by atoms with van der Waals surface area (Å²) in [7, 11) is 4.16. The van der Waals surface area contributed by atoms with Gasteiger partial charge >= 0.3 is 0 Å². The van der Waals surface area contributed by atoms with Crippen LogP contribution in [-0.2, 0) is 0 Å². The Hall–Kier alpha value is -1.04. The summed E-state index contributed by atoms with van der Waals surface area (Å²) >= 11 is 5.85. The normalized spacial score (nSPS) is 16.9. The molecule has 1 aromatic rings. The van der Waals surface area contributed by atoms with Crippen molar-refractivity contribution in [1.29, 1.82) is 0 Å². The molecule has 1 heterocycles. The molecule has 0 atom stereocenters. The highest BCUT2D eigenvalue weighted by Gasteiger charge is 2.19. The molecule has 1 aliphatic rings. The summed E-state index contributed by atoms with van der Waals surface area (Å²) in [5.74, 6) is -0.461. The standard InChI is InChI=1S/C14H22ClFN4/c1-18(2)3-4-19-5-7-20(8-6-19)14-9-11(15)12(16)10-13(14)17/h9-10H,3-8,17H2,1-2H3. The second kappa shape index (κ2) is 6.61. The molecule has 6 heteroatoms.